The summed E-state index contributed by atoms with van der Waals surface area (Å²) in [6, 6.07) is 12.5. The van der Waals surface area contributed by atoms with E-state index >= 15 is 0 Å². The molecule has 1 aromatic carbocycles. The monoisotopic (exact) mass is 279 g/mol. The van der Waals surface area contributed by atoms with Crippen molar-refractivity contribution >= 4 is 22.5 Å². The summed E-state index contributed by atoms with van der Waals surface area (Å²) in [5.41, 5.74) is 8.79. The van der Waals surface area contributed by atoms with Crippen LogP contribution in [0.25, 0.3) is 11.0 Å². The predicted molar refractivity (Wildman–Crippen MR) is 84.1 cm³/mol. The van der Waals surface area contributed by atoms with E-state index in [0.29, 0.717) is 6.04 Å². The highest BCUT2D eigenvalue weighted by Gasteiger charge is 2.31. The van der Waals surface area contributed by atoms with Crippen molar-refractivity contribution in [2.45, 2.75) is 25.4 Å². The van der Waals surface area contributed by atoms with E-state index in [1.165, 1.54) is 18.4 Å². The van der Waals surface area contributed by atoms with Crippen molar-refractivity contribution in [2.75, 3.05) is 10.6 Å². The van der Waals surface area contributed by atoms with Gasteiger partial charge in [-0.2, -0.15) is 0 Å². The first-order valence-electron chi connectivity index (χ1n) is 7.24. The number of hydrogen-bond donors (Lipinski definition) is 1. The van der Waals surface area contributed by atoms with Gasteiger partial charge in [0.1, 0.15) is 11.4 Å². The van der Waals surface area contributed by atoms with Crippen LogP contribution in [0, 0.1) is 0 Å². The summed E-state index contributed by atoms with van der Waals surface area (Å²) in [4.78, 5) is 6.96. The summed E-state index contributed by atoms with van der Waals surface area (Å²) in [6.45, 7) is 0.826. The minimum Gasteiger partial charge on any atom is -0.464 e. The Morgan fingerprint density at radius 3 is 2.95 bits per heavy atom. The summed E-state index contributed by atoms with van der Waals surface area (Å²) in [5.74, 6) is 1.01. The molecule has 1 saturated carbocycles. The Kier molecular flexibility index (Phi) is 2.81. The number of aromatic nitrogens is 1. The van der Waals surface area contributed by atoms with Gasteiger partial charge in [-0.1, -0.05) is 12.1 Å². The average Bonchev–Trinajstić information content (AvgIpc) is 3.21. The lowest BCUT2D eigenvalue weighted by Crippen LogP contribution is -2.26. The molecule has 3 aromatic rings. The SMILES string of the molecule is Nc1cccc(CN(c2nccc3occc23)C2CC2)c1. The van der Waals surface area contributed by atoms with E-state index in [0.717, 1.165) is 29.0 Å². The normalized spacial score (nSPS) is 14.5. The summed E-state index contributed by atoms with van der Waals surface area (Å²) in [5, 5.41) is 1.08. The molecule has 1 aliphatic carbocycles. The molecular weight excluding hydrogens is 262 g/mol. The minimum absolute atomic E-state index is 0.569. The zero-order valence-electron chi connectivity index (χ0n) is 11.7. The van der Waals surface area contributed by atoms with Crippen molar-refractivity contribution in [1.29, 1.82) is 0 Å². The Hall–Kier alpha value is -2.49. The molecule has 2 heterocycles. The Morgan fingerprint density at radius 2 is 2.14 bits per heavy atom. The molecule has 0 radical (unpaired) electrons. The highest BCUT2D eigenvalue weighted by Crippen LogP contribution is 2.35. The van der Waals surface area contributed by atoms with Gasteiger partial charge in [0.2, 0.25) is 0 Å². The predicted octanol–water partition coefficient (Wildman–Crippen LogP) is 3.58. The van der Waals surface area contributed by atoms with E-state index in [4.69, 9.17) is 10.2 Å². The van der Waals surface area contributed by atoms with Gasteiger partial charge in [0, 0.05) is 24.5 Å². The molecule has 21 heavy (non-hydrogen) atoms. The Labute approximate surface area is 123 Å². The first-order chi connectivity index (χ1) is 10.3. The molecule has 2 N–H and O–H groups in total. The minimum atomic E-state index is 0.569. The molecule has 1 fully saturated rings. The van der Waals surface area contributed by atoms with Crippen LogP contribution in [0.4, 0.5) is 11.5 Å². The van der Waals surface area contributed by atoms with Crippen molar-refractivity contribution in [2.24, 2.45) is 0 Å². The van der Waals surface area contributed by atoms with Crippen molar-refractivity contribution in [3.63, 3.8) is 0 Å². The third-order valence-electron chi connectivity index (χ3n) is 3.92. The van der Waals surface area contributed by atoms with E-state index in [1.54, 1.807) is 6.26 Å². The van der Waals surface area contributed by atoms with Gasteiger partial charge < -0.3 is 15.1 Å². The summed E-state index contributed by atoms with van der Waals surface area (Å²) < 4.78 is 5.49. The first kappa shape index (κ1) is 12.3. The smallest absolute Gasteiger partial charge is 0.140 e. The van der Waals surface area contributed by atoms with E-state index in [1.807, 2.05) is 36.5 Å². The van der Waals surface area contributed by atoms with Crippen LogP contribution in [-0.4, -0.2) is 11.0 Å². The van der Waals surface area contributed by atoms with Crippen LogP contribution in [-0.2, 0) is 6.54 Å². The molecule has 0 unspecified atom stereocenters. The van der Waals surface area contributed by atoms with Crippen molar-refractivity contribution in [3.8, 4) is 0 Å². The highest BCUT2D eigenvalue weighted by atomic mass is 16.3. The standard InChI is InChI=1S/C17H17N3O/c18-13-3-1-2-12(10-13)11-20(14-4-5-14)17-15-7-9-21-16(15)6-8-19-17/h1-3,6-10,14H,4-5,11,18H2. The van der Waals surface area contributed by atoms with Gasteiger partial charge in [-0.05, 0) is 42.7 Å². The van der Waals surface area contributed by atoms with Crippen LogP contribution in [0.2, 0.25) is 0 Å². The Bertz CT molecular complexity index is 776. The second kappa shape index (κ2) is 4.81. The third kappa shape index (κ3) is 2.33. The number of fused-ring (bicyclic) bond motifs is 1. The van der Waals surface area contributed by atoms with Gasteiger partial charge in [0.25, 0.3) is 0 Å². The van der Waals surface area contributed by atoms with Crippen molar-refractivity contribution in [3.05, 3.63) is 54.4 Å². The fourth-order valence-electron chi connectivity index (χ4n) is 2.76. The van der Waals surface area contributed by atoms with Crippen LogP contribution < -0.4 is 10.6 Å². The Morgan fingerprint density at radius 1 is 1.24 bits per heavy atom. The second-order valence-electron chi connectivity index (χ2n) is 5.57. The maximum absolute atomic E-state index is 5.89. The number of benzene rings is 1. The van der Waals surface area contributed by atoms with Gasteiger partial charge in [-0.15, -0.1) is 0 Å². The van der Waals surface area contributed by atoms with E-state index in [2.05, 4.69) is 16.0 Å². The largest absolute Gasteiger partial charge is 0.464 e. The number of nitrogens with two attached hydrogens (primary N) is 1. The second-order valence-corrected chi connectivity index (χ2v) is 5.57. The molecule has 1 aliphatic rings. The molecule has 0 spiro atoms. The molecule has 4 rings (SSSR count). The highest BCUT2D eigenvalue weighted by molar-refractivity contribution is 5.88. The summed E-state index contributed by atoms with van der Waals surface area (Å²) >= 11 is 0. The van der Waals surface area contributed by atoms with Gasteiger partial charge in [0.05, 0.1) is 11.6 Å². The van der Waals surface area contributed by atoms with E-state index < -0.39 is 0 Å². The molecule has 2 aromatic heterocycles. The number of hydrogen-bond acceptors (Lipinski definition) is 4. The molecule has 0 bridgehead atoms. The lowest BCUT2D eigenvalue weighted by Gasteiger charge is -2.24. The molecule has 0 amide bonds. The number of furan rings is 1. The number of pyridine rings is 1. The molecule has 0 aliphatic heterocycles. The Balaban J connectivity index is 1.73. The van der Waals surface area contributed by atoms with Gasteiger partial charge in [0.15, 0.2) is 0 Å². The fourth-order valence-corrected chi connectivity index (χ4v) is 2.76. The first-order valence-corrected chi connectivity index (χ1v) is 7.24. The number of rotatable bonds is 4. The van der Waals surface area contributed by atoms with Crippen molar-refractivity contribution < 1.29 is 4.42 Å². The van der Waals surface area contributed by atoms with Crippen LogP contribution in [0.3, 0.4) is 0 Å². The quantitative estimate of drug-likeness (QED) is 0.742. The van der Waals surface area contributed by atoms with Crippen LogP contribution in [0.1, 0.15) is 18.4 Å². The van der Waals surface area contributed by atoms with Crippen molar-refractivity contribution in [1.82, 2.24) is 4.98 Å². The van der Waals surface area contributed by atoms with Crippen LogP contribution >= 0.6 is 0 Å². The molecule has 4 nitrogen and oxygen atoms in total. The lowest BCUT2D eigenvalue weighted by molar-refractivity contribution is 0.615. The van der Waals surface area contributed by atoms with E-state index in [9.17, 15) is 0 Å². The summed E-state index contributed by atoms with van der Waals surface area (Å²) in [7, 11) is 0. The molecule has 106 valence electrons. The maximum atomic E-state index is 5.89. The molecule has 0 saturated heterocycles. The van der Waals surface area contributed by atoms with E-state index in [-0.39, 0.29) is 0 Å². The zero-order valence-corrected chi connectivity index (χ0v) is 11.7. The van der Waals surface area contributed by atoms with Gasteiger partial charge >= 0.3 is 0 Å². The van der Waals surface area contributed by atoms with Gasteiger partial charge in [-0.25, -0.2) is 4.98 Å². The number of nitrogen functional groups attached to an aromatic ring is 1. The lowest BCUT2D eigenvalue weighted by atomic mass is 10.1. The number of anilines is 2. The van der Waals surface area contributed by atoms with Crippen LogP contribution in [0.15, 0.2) is 53.3 Å². The van der Waals surface area contributed by atoms with Gasteiger partial charge in [-0.3, -0.25) is 0 Å². The maximum Gasteiger partial charge on any atom is 0.140 e. The molecule has 4 heteroatoms. The topological polar surface area (TPSA) is 55.3 Å². The zero-order chi connectivity index (χ0) is 14.2. The average molecular weight is 279 g/mol. The third-order valence-corrected chi connectivity index (χ3v) is 3.92. The molecular formula is C17H17N3O. The molecule has 0 atom stereocenters. The summed E-state index contributed by atoms with van der Waals surface area (Å²) in [6.07, 6.45) is 5.98. The number of nitrogens with zero attached hydrogens (tertiary/aromatic N) is 2. The van der Waals surface area contributed by atoms with Crippen LogP contribution in [0.5, 0.6) is 0 Å². The fraction of sp³-hybridized carbons (Fsp3) is 0.235.